The van der Waals surface area contributed by atoms with Crippen molar-refractivity contribution in [1.29, 1.82) is 0 Å². The first-order valence-electron chi connectivity index (χ1n) is 8.09. The quantitative estimate of drug-likeness (QED) is 0.896. The number of fused-ring (bicyclic) bond motifs is 1. The van der Waals surface area contributed by atoms with E-state index >= 15 is 0 Å². The molecule has 2 aromatic rings. The van der Waals surface area contributed by atoms with Crippen LogP contribution in [0.5, 0.6) is 0 Å². The number of nitrogens with two attached hydrogens (primary N) is 1. The van der Waals surface area contributed by atoms with E-state index in [0.29, 0.717) is 6.04 Å². The maximum Gasteiger partial charge on any atom is 0.112 e. The highest BCUT2D eigenvalue weighted by Gasteiger charge is 2.25. The molecule has 1 aliphatic heterocycles. The summed E-state index contributed by atoms with van der Waals surface area (Å²) in [6, 6.07) is 4.73. The Labute approximate surface area is 126 Å². The van der Waals surface area contributed by atoms with Crippen LogP contribution in [-0.4, -0.2) is 33.3 Å². The molecular formula is C17H26N3O+. The molecule has 3 N–H and O–H groups in total. The number of aliphatic hydroxyl groups excluding tert-OH is 1. The van der Waals surface area contributed by atoms with Crippen molar-refractivity contribution >= 4 is 11.0 Å². The maximum absolute atomic E-state index is 10.0. The van der Waals surface area contributed by atoms with Gasteiger partial charge in [0, 0.05) is 13.0 Å². The SMILES string of the molecule is Cc1ccc2c(ncn2CCC[C@H]2[NH2+]CCC[C@@H]2O)c1C. The van der Waals surface area contributed by atoms with Crippen LogP contribution in [0.3, 0.4) is 0 Å². The third-order valence-electron chi connectivity index (χ3n) is 4.92. The van der Waals surface area contributed by atoms with Gasteiger partial charge in [-0.1, -0.05) is 6.07 Å². The van der Waals surface area contributed by atoms with Crippen LogP contribution in [0.2, 0.25) is 0 Å². The van der Waals surface area contributed by atoms with E-state index in [4.69, 9.17) is 0 Å². The van der Waals surface area contributed by atoms with Crippen molar-refractivity contribution in [1.82, 2.24) is 9.55 Å². The lowest BCUT2D eigenvalue weighted by Crippen LogP contribution is -2.94. The van der Waals surface area contributed by atoms with Gasteiger partial charge in [0.05, 0.1) is 23.9 Å². The molecule has 1 aromatic carbocycles. The number of piperidine rings is 1. The van der Waals surface area contributed by atoms with Gasteiger partial charge in [0.15, 0.2) is 0 Å². The predicted molar refractivity (Wildman–Crippen MR) is 84.3 cm³/mol. The van der Waals surface area contributed by atoms with Gasteiger partial charge in [-0.05, 0) is 50.3 Å². The average Bonchev–Trinajstić information content (AvgIpc) is 2.89. The van der Waals surface area contributed by atoms with Crippen LogP contribution in [0.4, 0.5) is 0 Å². The van der Waals surface area contributed by atoms with Gasteiger partial charge in [-0.2, -0.15) is 0 Å². The second-order valence-electron chi connectivity index (χ2n) is 6.35. The van der Waals surface area contributed by atoms with Crippen LogP contribution >= 0.6 is 0 Å². The summed E-state index contributed by atoms with van der Waals surface area (Å²) in [6.07, 6.45) is 6.11. The summed E-state index contributed by atoms with van der Waals surface area (Å²) in [4.78, 5) is 4.57. The number of aryl methyl sites for hydroxylation is 3. The summed E-state index contributed by atoms with van der Waals surface area (Å²) >= 11 is 0. The highest BCUT2D eigenvalue weighted by Crippen LogP contribution is 2.20. The summed E-state index contributed by atoms with van der Waals surface area (Å²) in [5, 5.41) is 12.3. The van der Waals surface area contributed by atoms with Gasteiger partial charge in [0.2, 0.25) is 0 Å². The largest absolute Gasteiger partial charge is 0.387 e. The summed E-state index contributed by atoms with van der Waals surface area (Å²) < 4.78 is 2.25. The maximum atomic E-state index is 10.0. The number of aliphatic hydroxyl groups is 1. The number of benzene rings is 1. The molecule has 114 valence electrons. The lowest BCUT2D eigenvalue weighted by molar-refractivity contribution is -0.705. The fourth-order valence-corrected chi connectivity index (χ4v) is 3.39. The van der Waals surface area contributed by atoms with E-state index in [1.54, 1.807) is 0 Å². The van der Waals surface area contributed by atoms with Crippen molar-refractivity contribution in [2.24, 2.45) is 0 Å². The molecule has 1 aliphatic rings. The Balaban J connectivity index is 1.64. The number of nitrogens with zero attached hydrogens (tertiary/aromatic N) is 2. The van der Waals surface area contributed by atoms with E-state index < -0.39 is 0 Å². The molecule has 1 fully saturated rings. The molecule has 21 heavy (non-hydrogen) atoms. The fraction of sp³-hybridized carbons (Fsp3) is 0.588. The molecule has 0 spiro atoms. The monoisotopic (exact) mass is 288 g/mol. The number of hydrogen-bond donors (Lipinski definition) is 2. The van der Waals surface area contributed by atoms with Crippen molar-refractivity contribution < 1.29 is 10.4 Å². The Kier molecular flexibility index (Phi) is 4.27. The molecule has 0 radical (unpaired) electrons. The van der Waals surface area contributed by atoms with Gasteiger partial charge < -0.3 is 15.0 Å². The predicted octanol–water partition coefficient (Wildman–Crippen LogP) is 1.52. The zero-order valence-corrected chi connectivity index (χ0v) is 13.0. The molecular weight excluding hydrogens is 262 g/mol. The first-order chi connectivity index (χ1) is 10.2. The number of aromatic nitrogens is 2. The van der Waals surface area contributed by atoms with E-state index in [2.05, 4.69) is 40.8 Å². The molecule has 3 rings (SSSR count). The molecule has 0 unspecified atom stereocenters. The lowest BCUT2D eigenvalue weighted by Gasteiger charge is -2.25. The van der Waals surface area contributed by atoms with E-state index in [-0.39, 0.29) is 6.10 Å². The Bertz CT molecular complexity index is 620. The number of rotatable bonds is 4. The zero-order valence-electron chi connectivity index (χ0n) is 13.0. The molecule has 0 saturated carbocycles. The van der Waals surface area contributed by atoms with Crippen LogP contribution in [0.25, 0.3) is 11.0 Å². The highest BCUT2D eigenvalue weighted by molar-refractivity contribution is 5.80. The Hall–Kier alpha value is -1.39. The molecule has 0 amide bonds. The lowest BCUT2D eigenvalue weighted by atomic mass is 9.97. The van der Waals surface area contributed by atoms with Crippen LogP contribution in [0, 0.1) is 13.8 Å². The molecule has 4 nitrogen and oxygen atoms in total. The smallest absolute Gasteiger partial charge is 0.112 e. The average molecular weight is 288 g/mol. The molecule has 0 aliphatic carbocycles. The molecule has 1 aromatic heterocycles. The zero-order chi connectivity index (χ0) is 14.8. The number of hydrogen-bond acceptors (Lipinski definition) is 2. The van der Waals surface area contributed by atoms with Gasteiger partial charge >= 0.3 is 0 Å². The standard InChI is InChI=1S/C17H25N3O/c1-12-7-8-15-17(13(12)2)19-11-20(15)10-4-5-14-16(21)6-3-9-18-14/h7-8,11,14,16,18,21H,3-6,9-10H2,1-2H3/p+1/t14-,16+/m1/s1. The van der Waals surface area contributed by atoms with E-state index in [1.165, 1.54) is 16.6 Å². The minimum Gasteiger partial charge on any atom is -0.387 e. The first-order valence-corrected chi connectivity index (χ1v) is 8.09. The molecule has 0 bridgehead atoms. The van der Waals surface area contributed by atoms with E-state index in [0.717, 1.165) is 44.3 Å². The summed E-state index contributed by atoms with van der Waals surface area (Å²) in [5.74, 6) is 0. The van der Waals surface area contributed by atoms with Crippen LogP contribution in [-0.2, 0) is 6.54 Å². The summed E-state index contributed by atoms with van der Waals surface area (Å²) in [7, 11) is 0. The molecule has 2 heterocycles. The second-order valence-corrected chi connectivity index (χ2v) is 6.35. The minimum atomic E-state index is -0.122. The van der Waals surface area contributed by atoms with E-state index in [1.807, 2.05) is 6.33 Å². The van der Waals surface area contributed by atoms with E-state index in [9.17, 15) is 5.11 Å². The van der Waals surface area contributed by atoms with Crippen molar-refractivity contribution in [2.75, 3.05) is 6.54 Å². The summed E-state index contributed by atoms with van der Waals surface area (Å²) in [5.41, 5.74) is 4.93. The van der Waals surface area contributed by atoms with Crippen LogP contribution in [0.1, 0.15) is 36.8 Å². The Morgan fingerprint density at radius 1 is 1.38 bits per heavy atom. The van der Waals surface area contributed by atoms with Gasteiger partial charge in [-0.25, -0.2) is 4.98 Å². The van der Waals surface area contributed by atoms with Crippen molar-refractivity contribution in [3.05, 3.63) is 29.6 Å². The van der Waals surface area contributed by atoms with Crippen LogP contribution in [0.15, 0.2) is 18.5 Å². The first kappa shape index (κ1) is 14.5. The molecule has 2 atom stereocenters. The topological polar surface area (TPSA) is 54.7 Å². The number of imidazole rings is 1. The third-order valence-corrected chi connectivity index (χ3v) is 4.92. The van der Waals surface area contributed by atoms with Gasteiger partial charge in [0.25, 0.3) is 0 Å². The van der Waals surface area contributed by atoms with Crippen molar-refractivity contribution in [2.45, 2.75) is 58.2 Å². The Morgan fingerprint density at radius 3 is 3.05 bits per heavy atom. The highest BCUT2D eigenvalue weighted by atomic mass is 16.3. The summed E-state index contributed by atoms with van der Waals surface area (Å²) in [6.45, 7) is 6.42. The van der Waals surface area contributed by atoms with Crippen molar-refractivity contribution in [3.63, 3.8) is 0 Å². The van der Waals surface area contributed by atoms with Gasteiger partial charge in [-0.15, -0.1) is 0 Å². The molecule has 1 saturated heterocycles. The van der Waals surface area contributed by atoms with Crippen LogP contribution < -0.4 is 5.32 Å². The van der Waals surface area contributed by atoms with Gasteiger partial charge in [-0.3, -0.25) is 0 Å². The minimum absolute atomic E-state index is 0.122. The number of quaternary nitrogens is 1. The van der Waals surface area contributed by atoms with Crippen molar-refractivity contribution in [3.8, 4) is 0 Å². The second kappa shape index (κ2) is 6.16. The fourth-order valence-electron chi connectivity index (χ4n) is 3.39. The molecule has 4 heteroatoms. The Morgan fingerprint density at radius 2 is 2.24 bits per heavy atom. The van der Waals surface area contributed by atoms with Gasteiger partial charge in [0.1, 0.15) is 12.1 Å². The third kappa shape index (κ3) is 2.97. The normalized spacial score (nSPS) is 22.8.